The fourth-order valence-corrected chi connectivity index (χ4v) is 1.62. The Bertz CT molecular complexity index is 646. The van der Waals surface area contributed by atoms with Gasteiger partial charge in [0.25, 0.3) is 0 Å². The van der Waals surface area contributed by atoms with Crippen LogP contribution in [0.2, 0.25) is 0 Å². The Morgan fingerprint density at radius 2 is 2.05 bits per heavy atom. The normalized spacial score (nSPS) is 9.68. The van der Waals surface area contributed by atoms with Crippen LogP contribution < -0.4 is 4.90 Å². The van der Waals surface area contributed by atoms with E-state index in [0.29, 0.717) is 11.4 Å². The van der Waals surface area contributed by atoms with Crippen molar-refractivity contribution in [1.82, 2.24) is 9.97 Å². The number of aromatic carboxylic acids is 1. The summed E-state index contributed by atoms with van der Waals surface area (Å²) in [5.74, 6) is -0.789. The Hall–Kier alpha value is -2.94. The molecule has 1 heterocycles. The maximum atomic E-state index is 11.1. The molecule has 1 aromatic carbocycles. The molecule has 0 aliphatic heterocycles. The number of hydrogen-bond acceptors (Lipinski definition) is 5. The van der Waals surface area contributed by atoms with E-state index in [9.17, 15) is 4.79 Å². The zero-order valence-electron chi connectivity index (χ0n) is 10.1. The predicted octanol–water partition coefficient (Wildman–Crippen LogP) is 1.81. The van der Waals surface area contributed by atoms with Crippen molar-refractivity contribution in [3.05, 3.63) is 47.9 Å². The Balaban J connectivity index is 2.41. The number of rotatable bonds is 3. The molecule has 6 nitrogen and oxygen atoms in total. The second kappa shape index (κ2) is 5.14. The molecule has 0 bridgehead atoms. The molecule has 0 aliphatic rings. The molecule has 19 heavy (non-hydrogen) atoms. The molecule has 6 heteroatoms. The van der Waals surface area contributed by atoms with E-state index >= 15 is 0 Å². The minimum Gasteiger partial charge on any atom is -0.477 e. The summed E-state index contributed by atoms with van der Waals surface area (Å²) < 4.78 is 0. The van der Waals surface area contributed by atoms with Gasteiger partial charge in [-0.25, -0.2) is 14.8 Å². The summed E-state index contributed by atoms with van der Waals surface area (Å²) in [7, 11) is 1.70. The topological polar surface area (TPSA) is 90.1 Å². The second-order valence-corrected chi connectivity index (χ2v) is 3.78. The van der Waals surface area contributed by atoms with Crippen molar-refractivity contribution in [2.75, 3.05) is 11.9 Å². The zero-order chi connectivity index (χ0) is 13.8. The Morgan fingerprint density at radius 1 is 1.37 bits per heavy atom. The molecular weight excluding hydrogens is 244 g/mol. The van der Waals surface area contributed by atoms with Crippen molar-refractivity contribution in [2.45, 2.75) is 0 Å². The summed E-state index contributed by atoms with van der Waals surface area (Å²) in [5, 5.41) is 17.8. The SMILES string of the molecule is CN(c1ccc(C#N)cc1)c1ncncc1C(=O)O. The van der Waals surface area contributed by atoms with Crippen LogP contribution >= 0.6 is 0 Å². The molecule has 0 aliphatic carbocycles. The van der Waals surface area contributed by atoms with Crippen LogP contribution in [0.25, 0.3) is 0 Å². The molecule has 0 radical (unpaired) electrons. The molecule has 0 unspecified atom stereocenters. The first-order valence-electron chi connectivity index (χ1n) is 5.40. The van der Waals surface area contributed by atoms with E-state index in [1.165, 1.54) is 12.5 Å². The van der Waals surface area contributed by atoms with E-state index in [1.54, 1.807) is 36.2 Å². The lowest BCUT2D eigenvalue weighted by Crippen LogP contribution is -2.16. The largest absolute Gasteiger partial charge is 0.477 e. The average molecular weight is 254 g/mol. The van der Waals surface area contributed by atoms with Crippen LogP contribution in [0.1, 0.15) is 15.9 Å². The molecule has 0 saturated carbocycles. The van der Waals surface area contributed by atoms with Gasteiger partial charge < -0.3 is 10.0 Å². The third-order valence-electron chi connectivity index (χ3n) is 2.62. The van der Waals surface area contributed by atoms with E-state index < -0.39 is 5.97 Å². The quantitative estimate of drug-likeness (QED) is 0.898. The third kappa shape index (κ3) is 2.50. The lowest BCUT2D eigenvalue weighted by Gasteiger charge is -2.19. The van der Waals surface area contributed by atoms with Crippen LogP contribution in [0.15, 0.2) is 36.8 Å². The van der Waals surface area contributed by atoms with Gasteiger partial charge in [-0.15, -0.1) is 0 Å². The number of carboxylic acids is 1. The van der Waals surface area contributed by atoms with E-state index in [0.717, 1.165) is 5.69 Å². The van der Waals surface area contributed by atoms with Gasteiger partial charge in [0.15, 0.2) is 5.82 Å². The summed E-state index contributed by atoms with van der Waals surface area (Å²) in [6, 6.07) is 8.80. The van der Waals surface area contributed by atoms with Crippen LogP contribution in [0.3, 0.4) is 0 Å². The first-order chi connectivity index (χ1) is 9.13. The molecule has 0 amide bonds. The predicted molar refractivity (Wildman–Crippen MR) is 68.2 cm³/mol. The van der Waals surface area contributed by atoms with Crippen molar-refractivity contribution in [3.63, 3.8) is 0 Å². The molecule has 0 atom stereocenters. The molecule has 1 aromatic heterocycles. The van der Waals surface area contributed by atoms with E-state index in [-0.39, 0.29) is 5.56 Å². The molecule has 94 valence electrons. The van der Waals surface area contributed by atoms with E-state index in [2.05, 4.69) is 9.97 Å². The minimum absolute atomic E-state index is 0.0226. The smallest absolute Gasteiger partial charge is 0.341 e. The Kier molecular flexibility index (Phi) is 3.39. The van der Waals surface area contributed by atoms with Crippen molar-refractivity contribution in [2.24, 2.45) is 0 Å². The van der Waals surface area contributed by atoms with E-state index in [4.69, 9.17) is 10.4 Å². The van der Waals surface area contributed by atoms with E-state index in [1.807, 2.05) is 6.07 Å². The van der Waals surface area contributed by atoms with Gasteiger partial charge in [-0.1, -0.05) is 0 Å². The third-order valence-corrected chi connectivity index (χ3v) is 2.62. The highest BCUT2D eigenvalue weighted by Crippen LogP contribution is 2.24. The first-order valence-corrected chi connectivity index (χ1v) is 5.40. The molecule has 0 saturated heterocycles. The van der Waals surface area contributed by atoms with Crippen LogP contribution in [-0.2, 0) is 0 Å². The number of anilines is 2. The fourth-order valence-electron chi connectivity index (χ4n) is 1.62. The van der Waals surface area contributed by atoms with Gasteiger partial charge in [-0.3, -0.25) is 0 Å². The number of nitrogens with zero attached hydrogens (tertiary/aromatic N) is 4. The van der Waals surface area contributed by atoms with Crippen molar-refractivity contribution in [3.8, 4) is 6.07 Å². The van der Waals surface area contributed by atoms with Crippen molar-refractivity contribution >= 4 is 17.5 Å². The number of benzene rings is 1. The summed E-state index contributed by atoms with van der Waals surface area (Å²) >= 11 is 0. The maximum Gasteiger partial charge on any atom is 0.341 e. The highest BCUT2D eigenvalue weighted by Gasteiger charge is 2.16. The van der Waals surface area contributed by atoms with Gasteiger partial charge in [0.05, 0.1) is 11.6 Å². The number of aromatic nitrogens is 2. The highest BCUT2D eigenvalue weighted by atomic mass is 16.4. The summed E-state index contributed by atoms with van der Waals surface area (Å²) in [4.78, 5) is 20.4. The van der Waals surface area contributed by atoms with Gasteiger partial charge in [-0.2, -0.15) is 5.26 Å². The number of carbonyl (C=O) groups is 1. The standard InChI is InChI=1S/C13H10N4O2/c1-17(10-4-2-9(6-14)3-5-10)12-11(13(18)19)7-15-8-16-12/h2-5,7-8H,1H3,(H,18,19). The lowest BCUT2D eigenvalue weighted by molar-refractivity contribution is 0.0697. The second-order valence-electron chi connectivity index (χ2n) is 3.78. The summed E-state index contributed by atoms with van der Waals surface area (Å²) in [6.07, 6.45) is 2.55. The van der Waals surface area contributed by atoms with Gasteiger partial charge in [0.1, 0.15) is 11.9 Å². The number of nitriles is 1. The van der Waals surface area contributed by atoms with Gasteiger partial charge >= 0.3 is 5.97 Å². The maximum absolute atomic E-state index is 11.1. The van der Waals surface area contributed by atoms with Gasteiger partial charge in [-0.05, 0) is 24.3 Å². The van der Waals surface area contributed by atoms with Gasteiger partial charge in [0, 0.05) is 18.9 Å². The van der Waals surface area contributed by atoms with Crippen LogP contribution in [0.5, 0.6) is 0 Å². The van der Waals surface area contributed by atoms with Crippen LogP contribution in [0.4, 0.5) is 11.5 Å². The van der Waals surface area contributed by atoms with Crippen molar-refractivity contribution < 1.29 is 9.90 Å². The van der Waals surface area contributed by atoms with Crippen LogP contribution in [0, 0.1) is 11.3 Å². The molecular formula is C13H10N4O2. The first kappa shape index (κ1) is 12.5. The summed E-state index contributed by atoms with van der Waals surface area (Å²) in [5.41, 5.74) is 1.30. The fraction of sp³-hybridized carbons (Fsp3) is 0.0769. The summed E-state index contributed by atoms with van der Waals surface area (Å²) in [6.45, 7) is 0. The minimum atomic E-state index is -1.09. The molecule has 2 rings (SSSR count). The molecule has 0 spiro atoms. The Morgan fingerprint density at radius 3 is 2.63 bits per heavy atom. The lowest BCUT2D eigenvalue weighted by atomic mass is 10.2. The van der Waals surface area contributed by atoms with Crippen LogP contribution in [-0.4, -0.2) is 28.1 Å². The molecule has 2 aromatic rings. The Labute approximate surface area is 109 Å². The van der Waals surface area contributed by atoms with Gasteiger partial charge in [0.2, 0.25) is 0 Å². The van der Waals surface area contributed by atoms with Crippen molar-refractivity contribution in [1.29, 1.82) is 5.26 Å². The zero-order valence-corrected chi connectivity index (χ0v) is 10.1. The number of hydrogen-bond donors (Lipinski definition) is 1. The number of carboxylic acid groups (broad SMARTS) is 1. The molecule has 1 N–H and O–H groups in total. The molecule has 0 fully saturated rings. The highest BCUT2D eigenvalue weighted by molar-refractivity contribution is 5.93. The monoisotopic (exact) mass is 254 g/mol. The average Bonchev–Trinajstić information content (AvgIpc) is 2.46.